The van der Waals surface area contributed by atoms with Crippen LogP contribution in [0.25, 0.3) is 11.3 Å². The van der Waals surface area contributed by atoms with E-state index in [-0.39, 0.29) is 11.9 Å². The first-order valence-corrected chi connectivity index (χ1v) is 6.13. The van der Waals surface area contributed by atoms with Gasteiger partial charge in [0.15, 0.2) is 0 Å². The van der Waals surface area contributed by atoms with Crippen LogP contribution in [-0.4, -0.2) is 7.05 Å². The largest absolute Gasteiger partial charge is 0.459 e. The number of rotatable bonds is 3. The van der Waals surface area contributed by atoms with Gasteiger partial charge in [-0.3, -0.25) is 0 Å². The van der Waals surface area contributed by atoms with E-state index in [0.717, 1.165) is 17.1 Å². The van der Waals surface area contributed by atoms with Gasteiger partial charge in [-0.2, -0.15) is 0 Å². The minimum absolute atomic E-state index is 0.156. The van der Waals surface area contributed by atoms with Crippen molar-refractivity contribution in [2.45, 2.75) is 13.0 Å². The van der Waals surface area contributed by atoms with Crippen LogP contribution >= 0.6 is 15.9 Å². The minimum Gasteiger partial charge on any atom is -0.459 e. The van der Waals surface area contributed by atoms with Gasteiger partial charge in [0, 0.05) is 10.0 Å². The molecule has 17 heavy (non-hydrogen) atoms. The average molecular weight is 298 g/mol. The molecule has 1 aromatic carbocycles. The van der Waals surface area contributed by atoms with Gasteiger partial charge in [-0.1, -0.05) is 0 Å². The number of hydrogen-bond donors (Lipinski definition) is 1. The first-order valence-electron chi connectivity index (χ1n) is 5.34. The topological polar surface area (TPSA) is 25.2 Å². The summed E-state index contributed by atoms with van der Waals surface area (Å²) in [6.07, 6.45) is 0. The van der Waals surface area contributed by atoms with Crippen LogP contribution in [0, 0.1) is 5.82 Å². The molecule has 1 atom stereocenters. The summed E-state index contributed by atoms with van der Waals surface area (Å²) in [7, 11) is 1.88. The van der Waals surface area contributed by atoms with Crippen LogP contribution in [0.3, 0.4) is 0 Å². The normalized spacial score (nSPS) is 12.7. The number of furan rings is 1. The zero-order valence-electron chi connectivity index (χ0n) is 9.63. The Labute approximate surface area is 108 Å². The van der Waals surface area contributed by atoms with E-state index in [2.05, 4.69) is 21.2 Å². The molecular weight excluding hydrogens is 285 g/mol. The molecule has 0 spiro atoms. The highest BCUT2D eigenvalue weighted by Crippen LogP contribution is 2.31. The average Bonchev–Trinajstić information content (AvgIpc) is 2.77. The molecule has 1 N–H and O–H groups in total. The third-order valence-electron chi connectivity index (χ3n) is 2.68. The van der Waals surface area contributed by atoms with Crippen LogP contribution in [0.1, 0.15) is 18.7 Å². The third-order valence-corrected chi connectivity index (χ3v) is 3.34. The molecule has 0 aliphatic carbocycles. The van der Waals surface area contributed by atoms with E-state index in [9.17, 15) is 4.39 Å². The number of halogens is 2. The smallest absolute Gasteiger partial charge is 0.135 e. The zero-order valence-corrected chi connectivity index (χ0v) is 11.2. The molecule has 0 aliphatic heterocycles. The highest BCUT2D eigenvalue weighted by molar-refractivity contribution is 9.10. The van der Waals surface area contributed by atoms with Crippen LogP contribution in [-0.2, 0) is 0 Å². The fourth-order valence-electron chi connectivity index (χ4n) is 1.56. The van der Waals surface area contributed by atoms with Gasteiger partial charge >= 0.3 is 0 Å². The minimum atomic E-state index is -0.268. The van der Waals surface area contributed by atoms with Gasteiger partial charge in [-0.25, -0.2) is 4.39 Å². The lowest BCUT2D eigenvalue weighted by Crippen LogP contribution is -2.10. The van der Waals surface area contributed by atoms with Crippen LogP contribution in [0.15, 0.2) is 39.2 Å². The summed E-state index contributed by atoms with van der Waals surface area (Å²) in [6.45, 7) is 2.02. The molecule has 0 bridgehead atoms. The number of nitrogens with one attached hydrogen (secondary N) is 1. The molecular formula is C13H13BrFNO. The van der Waals surface area contributed by atoms with Crippen molar-refractivity contribution < 1.29 is 8.81 Å². The highest BCUT2D eigenvalue weighted by Gasteiger charge is 2.12. The second kappa shape index (κ2) is 5.02. The second-order valence-electron chi connectivity index (χ2n) is 3.84. The van der Waals surface area contributed by atoms with E-state index in [1.807, 2.05) is 26.1 Å². The van der Waals surface area contributed by atoms with E-state index < -0.39 is 0 Å². The van der Waals surface area contributed by atoms with Crippen molar-refractivity contribution in [3.63, 3.8) is 0 Å². The van der Waals surface area contributed by atoms with Crippen molar-refractivity contribution in [1.82, 2.24) is 5.32 Å². The van der Waals surface area contributed by atoms with Crippen molar-refractivity contribution in [2.24, 2.45) is 0 Å². The zero-order chi connectivity index (χ0) is 12.4. The summed E-state index contributed by atoms with van der Waals surface area (Å²) in [6, 6.07) is 8.52. The lowest BCUT2D eigenvalue weighted by molar-refractivity contribution is 0.458. The summed E-state index contributed by atoms with van der Waals surface area (Å²) in [5, 5.41) is 3.10. The summed E-state index contributed by atoms with van der Waals surface area (Å²) in [5.74, 6) is 1.32. The van der Waals surface area contributed by atoms with Gasteiger partial charge in [0.1, 0.15) is 17.3 Å². The van der Waals surface area contributed by atoms with E-state index >= 15 is 0 Å². The predicted molar refractivity (Wildman–Crippen MR) is 69.3 cm³/mol. The predicted octanol–water partition coefficient (Wildman–Crippen LogP) is 4.13. The van der Waals surface area contributed by atoms with E-state index in [4.69, 9.17) is 4.42 Å². The molecule has 0 amide bonds. The molecule has 1 aromatic heterocycles. The molecule has 4 heteroatoms. The Morgan fingerprint density at radius 1 is 1.29 bits per heavy atom. The molecule has 0 saturated carbocycles. The molecule has 0 aliphatic rings. The van der Waals surface area contributed by atoms with Gasteiger partial charge in [-0.15, -0.1) is 0 Å². The maximum atomic E-state index is 13.0. The van der Waals surface area contributed by atoms with Gasteiger partial charge in [0.25, 0.3) is 0 Å². The van der Waals surface area contributed by atoms with Crippen molar-refractivity contribution in [2.75, 3.05) is 7.05 Å². The lowest BCUT2D eigenvalue weighted by atomic mass is 10.2. The maximum absolute atomic E-state index is 13.0. The monoisotopic (exact) mass is 297 g/mol. The van der Waals surface area contributed by atoms with Crippen LogP contribution in [0.2, 0.25) is 0 Å². The van der Waals surface area contributed by atoms with Crippen molar-refractivity contribution in [3.05, 3.63) is 46.4 Å². The Hall–Kier alpha value is -1.13. The SMILES string of the molecule is CNC(C)c1ccc(-c2ccc(F)cc2Br)o1. The molecule has 0 radical (unpaired) electrons. The van der Waals surface area contributed by atoms with Gasteiger partial charge in [-0.05, 0) is 60.2 Å². The molecule has 2 rings (SSSR count). The second-order valence-corrected chi connectivity index (χ2v) is 4.69. The van der Waals surface area contributed by atoms with Crippen LogP contribution < -0.4 is 5.32 Å². The Morgan fingerprint density at radius 2 is 2.06 bits per heavy atom. The van der Waals surface area contributed by atoms with E-state index in [1.165, 1.54) is 12.1 Å². The molecule has 0 saturated heterocycles. The van der Waals surface area contributed by atoms with Crippen LogP contribution in [0.4, 0.5) is 4.39 Å². The molecule has 1 heterocycles. The van der Waals surface area contributed by atoms with Gasteiger partial charge in [0.2, 0.25) is 0 Å². The van der Waals surface area contributed by atoms with Crippen LogP contribution in [0.5, 0.6) is 0 Å². The van der Waals surface area contributed by atoms with E-state index in [1.54, 1.807) is 6.07 Å². The molecule has 90 valence electrons. The third kappa shape index (κ3) is 2.58. The number of benzene rings is 1. The fraction of sp³-hybridized carbons (Fsp3) is 0.231. The maximum Gasteiger partial charge on any atom is 0.135 e. The van der Waals surface area contributed by atoms with Crippen molar-refractivity contribution in [3.8, 4) is 11.3 Å². The summed E-state index contributed by atoms with van der Waals surface area (Å²) < 4.78 is 19.4. The number of hydrogen-bond acceptors (Lipinski definition) is 2. The Morgan fingerprint density at radius 3 is 2.71 bits per heavy atom. The Kier molecular flexibility index (Phi) is 3.64. The van der Waals surface area contributed by atoms with Gasteiger partial charge < -0.3 is 9.73 Å². The lowest BCUT2D eigenvalue weighted by Gasteiger charge is -2.06. The Balaban J connectivity index is 2.37. The van der Waals surface area contributed by atoms with Crippen molar-refractivity contribution >= 4 is 15.9 Å². The quantitative estimate of drug-likeness (QED) is 0.921. The Bertz CT molecular complexity index is 524. The van der Waals surface area contributed by atoms with E-state index in [0.29, 0.717) is 4.47 Å². The summed E-state index contributed by atoms with van der Waals surface area (Å²) in [5.41, 5.74) is 0.848. The molecule has 2 nitrogen and oxygen atoms in total. The summed E-state index contributed by atoms with van der Waals surface area (Å²) >= 11 is 3.33. The summed E-state index contributed by atoms with van der Waals surface area (Å²) in [4.78, 5) is 0. The fourth-order valence-corrected chi connectivity index (χ4v) is 2.11. The first kappa shape index (κ1) is 12.3. The molecule has 0 fully saturated rings. The van der Waals surface area contributed by atoms with Crippen molar-refractivity contribution in [1.29, 1.82) is 0 Å². The molecule has 2 aromatic rings. The highest BCUT2D eigenvalue weighted by atomic mass is 79.9. The first-order chi connectivity index (χ1) is 8.11. The molecule has 1 unspecified atom stereocenters. The van der Waals surface area contributed by atoms with Gasteiger partial charge in [0.05, 0.1) is 6.04 Å². The standard InChI is InChI=1S/C13H13BrFNO/c1-8(16-2)12-5-6-13(17-12)10-4-3-9(15)7-11(10)14/h3-8,16H,1-2H3.